The third-order valence-corrected chi connectivity index (χ3v) is 9.39. The summed E-state index contributed by atoms with van der Waals surface area (Å²) in [6, 6.07) is 46.2. The maximum absolute atomic E-state index is 7.07. The molecule has 0 N–H and O–H groups in total. The number of nitrogens with zero attached hydrogens (tertiary/aromatic N) is 2. The van der Waals surface area contributed by atoms with E-state index in [2.05, 4.69) is 121 Å². The largest absolute Gasteiger partial charge is 0.456 e. The lowest BCUT2D eigenvalue weighted by Crippen LogP contribution is -2.15. The Hall–Kier alpha value is -5.45. The molecule has 0 aliphatic carbocycles. The summed E-state index contributed by atoms with van der Waals surface area (Å²) in [5.74, 6) is 0. The summed E-state index contributed by atoms with van der Waals surface area (Å²) in [5, 5.41) is 6.08. The molecule has 47 heavy (non-hydrogen) atoms. The summed E-state index contributed by atoms with van der Waals surface area (Å²) in [4.78, 5) is 2.30. The van der Waals surface area contributed by atoms with Crippen LogP contribution in [-0.2, 0) is 5.41 Å². The van der Waals surface area contributed by atoms with Crippen LogP contribution < -0.4 is 4.90 Å². The predicted molar refractivity (Wildman–Crippen MR) is 196 cm³/mol. The summed E-state index contributed by atoms with van der Waals surface area (Å²) >= 11 is 7.07. The number of rotatable bonds is 4. The van der Waals surface area contributed by atoms with Crippen molar-refractivity contribution in [1.29, 1.82) is 0 Å². The lowest BCUT2D eigenvalue weighted by molar-refractivity contribution is 0.590. The number of aromatic nitrogens is 1. The SMILES string of the molecule is CC(C)(C)c1cccc(N(c2cc(Cl)cc(-n3c4ccccc4c4c5ccccc5oc43)c2)c2cccc3oc4ccccc4c23)c1. The molecule has 0 bridgehead atoms. The summed E-state index contributed by atoms with van der Waals surface area (Å²) in [6.07, 6.45) is 0. The van der Waals surface area contributed by atoms with Gasteiger partial charge in [0, 0.05) is 32.6 Å². The highest BCUT2D eigenvalue weighted by atomic mass is 35.5. The average molecular weight is 631 g/mol. The minimum atomic E-state index is -0.0352. The second kappa shape index (κ2) is 10.3. The van der Waals surface area contributed by atoms with Crippen LogP contribution in [-0.4, -0.2) is 4.57 Å². The van der Waals surface area contributed by atoms with Gasteiger partial charge in [0.25, 0.3) is 0 Å². The first-order valence-electron chi connectivity index (χ1n) is 15.9. The fraction of sp³-hybridized carbons (Fsp3) is 0.0952. The van der Waals surface area contributed by atoms with Crippen LogP contribution in [0.25, 0.3) is 60.6 Å². The zero-order chi connectivity index (χ0) is 31.9. The van der Waals surface area contributed by atoms with Crippen molar-refractivity contribution >= 4 is 83.6 Å². The Morgan fingerprint density at radius 2 is 1.23 bits per heavy atom. The van der Waals surface area contributed by atoms with Crippen LogP contribution in [0.4, 0.5) is 17.1 Å². The quantitative estimate of drug-likeness (QED) is 0.194. The number of halogens is 1. The predicted octanol–water partition coefficient (Wildman–Crippen LogP) is 12.8. The standard InChI is InChI=1S/C42H31ClN2O2/c1-42(2,3)26-12-10-13-28(22-26)44(35-18-11-21-38-40(35)33-16-6-8-19-36(33)46-38)29-23-27(43)24-30(25-29)45-34-17-7-4-14-31(34)39-32-15-5-9-20-37(32)47-41(39)45/h4-25H,1-3H3. The monoisotopic (exact) mass is 630 g/mol. The van der Waals surface area contributed by atoms with Crippen molar-refractivity contribution in [1.82, 2.24) is 4.57 Å². The van der Waals surface area contributed by atoms with E-state index in [1.807, 2.05) is 42.5 Å². The molecular weight excluding hydrogens is 600 g/mol. The van der Waals surface area contributed by atoms with Gasteiger partial charge in [0.15, 0.2) is 0 Å². The topological polar surface area (TPSA) is 34.5 Å². The van der Waals surface area contributed by atoms with Crippen LogP contribution in [0.5, 0.6) is 0 Å². The van der Waals surface area contributed by atoms with Crippen molar-refractivity contribution < 1.29 is 8.83 Å². The molecule has 0 aliphatic heterocycles. The molecule has 0 fully saturated rings. The van der Waals surface area contributed by atoms with Gasteiger partial charge in [-0.25, -0.2) is 0 Å². The molecule has 3 heterocycles. The fourth-order valence-corrected chi connectivity index (χ4v) is 7.22. The van der Waals surface area contributed by atoms with Gasteiger partial charge in [0.1, 0.15) is 16.7 Å². The second-order valence-electron chi connectivity index (χ2n) is 13.2. The van der Waals surface area contributed by atoms with E-state index >= 15 is 0 Å². The Morgan fingerprint density at radius 1 is 0.574 bits per heavy atom. The third kappa shape index (κ3) is 4.36. The molecule has 5 heteroatoms. The van der Waals surface area contributed by atoms with E-state index in [0.29, 0.717) is 5.02 Å². The van der Waals surface area contributed by atoms with Crippen molar-refractivity contribution in [3.63, 3.8) is 0 Å². The Kier molecular flexibility index (Phi) is 6.09. The van der Waals surface area contributed by atoms with E-state index in [4.69, 9.17) is 20.4 Å². The number of anilines is 3. The van der Waals surface area contributed by atoms with Crippen LogP contribution in [0.1, 0.15) is 26.3 Å². The highest BCUT2D eigenvalue weighted by molar-refractivity contribution is 6.31. The molecule has 4 nitrogen and oxygen atoms in total. The number of hydrogen-bond acceptors (Lipinski definition) is 3. The average Bonchev–Trinajstić information content (AvgIpc) is 3.73. The van der Waals surface area contributed by atoms with Gasteiger partial charge < -0.3 is 13.7 Å². The van der Waals surface area contributed by atoms with Crippen LogP contribution in [0.2, 0.25) is 5.02 Å². The lowest BCUT2D eigenvalue weighted by Gasteiger charge is -2.29. The van der Waals surface area contributed by atoms with E-state index in [1.54, 1.807) is 0 Å². The summed E-state index contributed by atoms with van der Waals surface area (Å²) in [5.41, 5.74) is 9.51. The molecule has 3 aromatic heterocycles. The lowest BCUT2D eigenvalue weighted by atomic mass is 9.87. The number of fused-ring (bicyclic) bond motifs is 8. The molecule has 9 rings (SSSR count). The van der Waals surface area contributed by atoms with Crippen molar-refractivity contribution in [2.24, 2.45) is 0 Å². The molecule has 0 amide bonds. The van der Waals surface area contributed by atoms with Gasteiger partial charge in [-0.05, 0) is 71.6 Å². The minimum absolute atomic E-state index is 0.0352. The van der Waals surface area contributed by atoms with Gasteiger partial charge in [0.2, 0.25) is 5.71 Å². The van der Waals surface area contributed by atoms with Crippen molar-refractivity contribution in [2.45, 2.75) is 26.2 Å². The third-order valence-electron chi connectivity index (χ3n) is 9.17. The van der Waals surface area contributed by atoms with Gasteiger partial charge in [-0.3, -0.25) is 4.57 Å². The number of benzene rings is 6. The highest BCUT2D eigenvalue weighted by Gasteiger charge is 2.24. The molecule has 0 unspecified atom stereocenters. The van der Waals surface area contributed by atoms with Gasteiger partial charge >= 0.3 is 0 Å². The van der Waals surface area contributed by atoms with Gasteiger partial charge in [-0.1, -0.05) is 105 Å². The van der Waals surface area contributed by atoms with Crippen LogP contribution >= 0.6 is 11.6 Å². The Balaban J connectivity index is 1.35. The van der Waals surface area contributed by atoms with Crippen LogP contribution in [0, 0.1) is 0 Å². The van der Waals surface area contributed by atoms with Crippen LogP contribution in [0.15, 0.2) is 142 Å². The Bertz CT molecular complexity index is 2650. The van der Waals surface area contributed by atoms with Gasteiger partial charge in [-0.15, -0.1) is 0 Å². The van der Waals surface area contributed by atoms with Gasteiger partial charge in [0.05, 0.1) is 27.7 Å². The molecule has 0 saturated heterocycles. The highest BCUT2D eigenvalue weighted by Crippen LogP contribution is 2.46. The van der Waals surface area contributed by atoms with E-state index in [1.165, 1.54) is 5.56 Å². The van der Waals surface area contributed by atoms with E-state index in [0.717, 1.165) is 77.7 Å². The first-order valence-corrected chi connectivity index (χ1v) is 16.3. The summed E-state index contributed by atoms with van der Waals surface area (Å²) in [6.45, 7) is 6.73. The fourth-order valence-electron chi connectivity index (χ4n) is 6.99. The zero-order valence-electron chi connectivity index (χ0n) is 26.3. The molecule has 0 aliphatic rings. The molecule has 0 saturated carbocycles. The maximum Gasteiger partial charge on any atom is 0.213 e. The molecule has 228 valence electrons. The second-order valence-corrected chi connectivity index (χ2v) is 13.6. The smallest absolute Gasteiger partial charge is 0.213 e. The van der Waals surface area contributed by atoms with Crippen molar-refractivity contribution in [2.75, 3.05) is 4.90 Å². The normalized spacial score (nSPS) is 12.3. The summed E-state index contributed by atoms with van der Waals surface area (Å²) in [7, 11) is 0. The first kappa shape index (κ1) is 27.8. The number of furan rings is 2. The molecule has 0 radical (unpaired) electrons. The molecule has 0 atom stereocenters. The van der Waals surface area contributed by atoms with E-state index in [9.17, 15) is 0 Å². The Morgan fingerprint density at radius 3 is 2.02 bits per heavy atom. The number of para-hydroxylation sites is 3. The Labute approximate surface area is 277 Å². The van der Waals surface area contributed by atoms with E-state index in [-0.39, 0.29) is 5.41 Å². The molecule has 0 spiro atoms. The molecule has 6 aromatic carbocycles. The first-order chi connectivity index (χ1) is 22.8. The molecule has 9 aromatic rings. The number of hydrogen-bond donors (Lipinski definition) is 0. The molecular formula is C42H31ClN2O2. The van der Waals surface area contributed by atoms with Gasteiger partial charge in [-0.2, -0.15) is 0 Å². The summed E-state index contributed by atoms with van der Waals surface area (Å²) < 4.78 is 15.1. The van der Waals surface area contributed by atoms with Crippen LogP contribution in [0.3, 0.4) is 0 Å². The van der Waals surface area contributed by atoms with Crippen molar-refractivity contribution in [3.05, 3.63) is 144 Å². The minimum Gasteiger partial charge on any atom is -0.456 e. The zero-order valence-corrected chi connectivity index (χ0v) is 27.0. The van der Waals surface area contributed by atoms with E-state index < -0.39 is 0 Å². The van der Waals surface area contributed by atoms with Crippen molar-refractivity contribution in [3.8, 4) is 5.69 Å². The maximum atomic E-state index is 7.07.